The quantitative estimate of drug-likeness (QED) is 0.757. The minimum Gasteiger partial charge on any atom is -0.236 e. The highest BCUT2D eigenvalue weighted by atomic mass is 35.5. The van der Waals surface area contributed by atoms with Crippen LogP contribution in [0.2, 0.25) is 5.02 Å². The SMILES string of the molecule is Cc1nn(-c2cccc(C#N)c2)c(C)c1Cl. The number of aromatic nitrogens is 2. The van der Waals surface area contributed by atoms with Gasteiger partial charge in [-0.3, -0.25) is 0 Å². The van der Waals surface area contributed by atoms with Crippen molar-refractivity contribution in [3.05, 3.63) is 46.2 Å². The first-order valence-electron chi connectivity index (χ1n) is 4.85. The lowest BCUT2D eigenvalue weighted by Crippen LogP contribution is -1.99. The summed E-state index contributed by atoms with van der Waals surface area (Å²) in [6, 6.07) is 9.38. The van der Waals surface area contributed by atoms with Crippen molar-refractivity contribution in [2.24, 2.45) is 0 Å². The van der Waals surface area contributed by atoms with Crippen LogP contribution in [0.3, 0.4) is 0 Å². The molecule has 0 aliphatic heterocycles. The molecule has 0 aliphatic rings. The lowest BCUT2D eigenvalue weighted by Gasteiger charge is -2.04. The normalized spacial score (nSPS) is 10.1. The Bertz CT molecular complexity index is 578. The third-order valence-corrected chi connectivity index (χ3v) is 2.97. The zero-order valence-corrected chi connectivity index (χ0v) is 9.78. The third kappa shape index (κ3) is 1.68. The smallest absolute Gasteiger partial charge is 0.0992 e. The van der Waals surface area contributed by atoms with Crippen LogP contribution >= 0.6 is 11.6 Å². The zero-order valence-electron chi connectivity index (χ0n) is 9.03. The molecule has 0 spiro atoms. The van der Waals surface area contributed by atoms with Crippen LogP contribution < -0.4 is 0 Å². The lowest BCUT2D eigenvalue weighted by molar-refractivity contribution is 0.833. The molecular weight excluding hydrogens is 222 g/mol. The molecule has 0 saturated heterocycles. The maximum Gasteiger partial charge on any atom is 0.0992 e. The number of rotatable bonds is 1. The second-order valence-corrected chi connectivity index (χ2v) is 3.94. The second-order valence-electron chi connectivity index (χ2n) is 3.56. The molecule has 4 heteroatoms. The maximum atomic E-state index is 8.83. The molecule has 0 amide bonds. The van der Waals surface area contributed by atoms with E-state index in [2.05, 4.69) is 11.2 Å². The first kappa shape index (κ1) is 10.7. The van der Waals surface area contributed by atoms with Crippen molar-refractivity contribution in [3.8, 4) is 11.8 Å². The lowest BCUT2D eigenvalue weighted by atomic mass is 10.2. The van der Waals surface area contributed by atoms with Crippen molar-refractivity contribution < 1.29 is 0 Å². The standard InChI is InChI=1S/C12H10ClN3/c1-8-12(13)9(2)16(15-8)11-5-3-4-10(6-11)7-14/h3-6H,1-2H3. The molecule has 1 aromatic carbocycles. The Morgan fingerprint density at radius 3 is 2.69 bits per heavy atom. The summed E-state index contributed by atoms with van der Waals surface area (Å²) >= 11 is 6.07. The third-order valence-electron chi connectivity index (χ3n) is 2.42. The van der Waals surface area contributed by atoms with Crippen LogP contribution in [0.1, 0.15) is 17.0 Å². The van der Waals surface area contributed by atoms with E-state index in [1.165, 1.54) is 0 Å². The summed E-state index contributed by atoms with van der Waals surface area (Å²) < 4.78 is 1.75. The molecule has 2 aromatic rings. The van der Waals surface area contributed by atoms with E-state index in [9.17, 15) is 0 Å². The average Bonchev–Trinajstić information content (AvgIpc) is 2.57. The molecule has 3 nitrogen and oxygen atoms in total. The first-order chi connectivity index (χ1) is 7.63. The molecule has 0 atom stereocenters. The molecule has 0 radical (unpaired) electrons. The predicted molar refractivity (Wildman–Crippen MR) is 62.8 cm³/mol. The number of aryl methyl sites for hydroxylation is 1. The van der Waals surface area contributed by atoms with E-state index in [0.29, 0.717) is 10.6 Å². The van der Waals surface area contributed by atoms with Gasteiger partial charge in [-0.05, 0) is 32.0 Å². The van der Waals surface area contributed by atoms with Gasteiger partial charge in [0.1, 0.15) is 0 Å². The minimum absolute atomic E-state index is 0.612. The van der Waals surface area contributed by atoms with Crippen LogP contribution in [0.5, 0.6) is 0 Å². The van der Waals surface area contributed by atoms with Gasteiger partial charge >= 0.3 is 0 Å². The summed E-state index contributed by atoms with van der Waals surface area (Å²) in [5, 5.41) is 13.8. The van der Waals surface area contributed by atoms with Crippen LogP contribution in [0.4, 0.5) is 0 Å². The molecule has 2 rings (SSSR count). The zero-order chi connectivity index (χ0) is 11.7. The largest absolute Gasteiger partial charge is 0.236 e. The van der Waals surface area contributed by atoms with Gasteiger partial charge in [0.2, 0.25) is 0 Å². The van der Waals surface area contributed by atoms with Crippen molar-refractivity contribution in [2.45, 2.75) is 13.8 Å². The Labute approximate surface area is 98.9 Å². The van der Waals surface area contributed by atoms with Gasteiger partial charge in [0.25, 0.3) is 0 Å². The Hall–Kier alpha value is -1.79. The van der Waals surface area contributed by atoms with Crippen molar-refractivity contribution in [3.63, 3.8) is 0 Å². The van der Waals surface area contributed by atoms with Gasteiger partial charge in [-0.2, -0.15) is 10.4 Å². The van der Waals surface area contributed by atoms with E-state index in [0.717, 1.165) is 17.1 Å². The Balaban J connectivity index is 2.59. The van der Waals surface area contributed by atoms with Crippen molar-refractivity contribution in [1.29, 1.82) is 5.26 Å². The van der Waals surface area contributed by atoms with E-state index in [4.69, 9.17) is 16.9 Å². The van der Waals surface area contributed by atoms with Crippen LogP contribution in [-0.2, 0) is 0 Å². The fourth-order valence-corrected chi connectivity index (χ4v) is 1.70. The molecule has 80 valence electrons. The molecule has 0 fully saturated rings. The van der Waals surface area contributed by atoms with Gasteiger partial charge in [0.05, 0.1) is 33.7 Å². The Morgan fingerprint density at radius 1 is 1.38 bits per heavy atom. The molecule has 1 aromatic heterocycles. The first-order valence-corrected chi connectivity index (χ1v) is 5.23. The van der Waals surface area contributed by atoms with Gasteiger partial charge in [-0.25, -0.2) is 4.68 Å². The maximum absolute atomic E-state index is 8.83. The van der Waals surface area contributed by atoms with E-state index < -0.39 is 0 Å². The summed E-state index contributed by atoms with van der Waals surface area (Å²) in [4.78, 5) is 0. The molecular formula is C12H10ClN3. The highest BCUT2D eigenvalue weighted by Gasteiger charge is 2.10. The van der Waals surface area contributed by atoms with Crippen molar-refractivity contribution in [2.75, 3.05) is 0 Å². The second kappa shape index (κ2) is 3.99. The fourth-order valence-electron chi connectivity index (χ4n) is 1.58. The summed E-state index contributed by atoms with van der Waals surface area (Å²) in [6.45, 7) is 3.77. The van der Waals surface area contributed by atoms with E-state index >= 15 is 0 Å². The van der Waals surface area contributed by atoms with E-state index in [1.54, 1.807) is 16.8 Å². The Kier molecular flexibility index (Phi) is 2.67. The highest BCUT2D eigenvalue weighted by Crippen LogP contribution is 2.22. The van der Waals surface area contributed by atoms with E-state index in [-0.39, 0.29) is 0 Å². The highest BCUT2D eigenvalue weighted by molar-refractivity contribution is 6.31. The molecule has 0 aliphatic carbocycles. The number of nitrogens with zero attached hydrogens (tertiary/aromatic N) is 3. The van der Waals surface area contributed by atoms with Gasteiger partial charge in [-0.15, -0.1) is 0 Å². The fraction of sp³-hybridized carbons (Fsp3) is 0.167. The molecule has 0 unspecified atom stereocenters. The van der Waals surface area contributed by atoms with Crippen LogP contribution in [0.25, 0.3) is 5.69 Å². The van der Waals surface area contributed by atoms with E-state index in [1.807, 2.05) is 26.0 Å². The molecule has 16 heavy (non-hydrogen) atoms. The number of hydrogen-bond donors (Lipinski definition) is 0. The Morgan fingerprint density at radius 2 is 2.12 bits per heavy atom. The van der Waals surface area contributed by atoms with Crippen molar-refractivity contribution >= 4 is 11.6 Å². The van der Waals surface area contributed by atoms with Gasteiger partial charge in [-0.1, -0.05) is 17.7 Å². The van der Waals surface area contributed by atoms with Gasteiger partial charge in [0.15, 0.2) is 0 Å². The van der Waals surface area contributed by atoms with Crippen LogP contribution in [0, 0.1) is 25.2 Å². The molecule has 1 heterocycles. The number of benzene rings is 1. The predicted octanol–water partition coefficient (Wildman–Crippen LogP) is 3.01. The summed E-state index contributed by atoms with van der Waals surface area (Å²) in [5.41, 5.74) is 3.14. The van der Waals surface area contributed by atoms with Gasteiger partial charge in [0, 0.05) is 0 Å². The number of hydrogen-bond acceptors (Lipinski definition) is 2. The number of halogens is 1. The van der Waals surface area contributed by atoms with Crippen LogP contribution in [0.15, 0.2) is 24.3 Å². The summed E-state index contributed by atoms with van der Waals surface area (Å²) in [7, 11) is 0. The number of nitriles is 1. The summed E-state index contributed by atoms with van der Waals surface area (Å²) in [6.07, 6.45) is 0. The summed E-state index contributed by atoms with van der Waals surface area (Å²) in [5.74, 6) is 0. The molecule has 0 saturated carbocycles. The monoisotopic (exact) mass is 231 g/mol. The molecule has 0 bridgehead atoms. The van der Waals surface area contributed by atoms with Crippen LogP contribution in [-0.4, -0.2) is 9.78 Å². The topological polar surface area (TPSA) is 41.6 Å². The average molecular weight is 232 g/mol. The minimum atomic E-state index is 0.612. The molecule has 0 N–H and O–H groups in total. The van der Waals surface area contributed by atoms with Gasteiger partial charge < -0.3 is 0 Å². The van der Waals surface area contributed by atoms with Crippen molar-refractivity contribution in [1.82, 2.24) is 9.78 Å².